The van der Waals surface area contributed by atoms with Crippen LogP contribution in [-0.4, -0.2) is 53.5 Å². The Labute approximate surface area is 85.7 Å². The van der Waals surface area contributed by atoms with Crippen LogP contribution >= 0.6 is 0 Å². The third-order valence-corrected chi connectivity index (χ3v) is 2.15. The van der Waals surface area contributed by atoms with Crippen molar-refractivity contribution in [2.75, 3.05) is 12.3 Å². The Morgan fingerprint density at radius 2 is 1.80 bits per heavy atom. The molecule has 0 bridgehead atoms. The Hall–Kier alpha value is -1.19. The summed E-state index contributed by atoms with van der Waals surface area (Å²) in [6.45, 7) is -0.330. The number of hydrogen-bond donors (Lipinski definition) is 4. The highest BCUT2D eigenvalue weighted by molar-refractivity contribution is 7.85. The zero-order valence-electron chi connectivity index (χ0n) is 7.58. The Kier molecular flexibility index (Phi) is 5.19. The van der Waals surface area contributed by atoms with E-state index in [2.05, 4.69) is 5.32 Å². The molecule has 0 radical (unpaired) electrons. The van der Waals surface area contributed by atoms with Crippen molar-refractivity contribution in [2.45, 2.75) is 12.5 Å². The minimum atomic E-state index is -4.18. The first-order valence-corrected chi connectivity index (χ1v) is 5.46. The second-order valence-corrected chi connectivity index (χ2v) is 4.30. The lowest BCUT2D eigenvalue weighted by atomic mass is 10.2. The van der Waals surface area contributed by atoms with E-state index in [1.165, 1.54) is 0 Å². The maximum Gasteiger partial charge on any atom is 0.321 e. The molecule has 0 saturated heterocycles. The average Bonchev–Trinajstić information content (AvgIpc) is 1.99. The van der Waals surface area contributed by atoms with Gasteiger partial charge in [-0.1, -0.05) is 0 Å². The van der Waals surface area contributed by atoms with Crippen molar-refractivity contribution < 1.29 is 32.8 Å². The van der Waals surface area contributed by atoms with Gasteiger partial charge in [0.2, 0.25) is 0 Å². The van der Waals surface area contributed by atoms with Crippen LogP contribution in [0.4, 0.5) is 0 Å². The highest BCUT2D eigenvalue weighted by atomic mass is 32.2. The normalized spacial score (nSPS) is 13.4. The molecule has 0 rings (SSSR count). The summed E-state index contributed by atoms with van der Waals surface area (Å²) >= 11 is 0. The SMILES string of the molecule is O=C(O)CC(NCCS(=O)(=O)O)C(=O)O. The summed E-state index contributed by atoms with van der Waals surface area (Å²) in [6, 6.07) is -1.37. The third-order valence-electron chi connectivity index (χ3n) is 1.43. The fourth-order valence-corrected chi connectivity index (χ4v) is 1.16. The zero-order valence-corrected chi connectivity index (χ0v) is 8.40. The van der Waals surface area contributed by atoms with Crippen LogP contribution in [-0.2, 0) is 19.7 Å². The van der Waals surface area contributed by atoms with Crippen LogP contribution in [0.15, 0.2) is 0 Å². The molecule has 4 N–H and O–H groups in total. The molecule has 0 saturated carbocycles. The Morgan fingerprint density at radius 3 is 2.13 bits per heavy atom. The second kappa shape index (κ2) is 5.63. The van der Waals surface area contributed by atoms with E-state index in [0.29, 0.717) is 0 Å². The van der Waals surface area contributed by atoms with Crippen LogP contribution in [0.25, 0.3) is 0 Å². The highest BCUT2D eigenvalue weighted by Crippen LogP contribution is 1.92. The first-order chi connectivity index (χ1) is 6.72. The van der Waals surface area contributed by atoms with Crippen molar-refractivity contribution in [3.8, 4) is 0 Å². The Balaban J connectivity index is 4.09. The molecule has 88 valence electrons. The number of hydrogen-bond acceptors (Lipinski definition) is 5. The largest absolute Gasteiger partial charge is 0.481 e. The maximum atomic E-state index is 10.5. The van der Waals surface area contributed by atoms with Crippen LogP contribution in [0.1, 0.15) is 6.42 Å². The molecule has 15 heavy (non-hydrogen) atoms. The number of rotatable bonds is 7. The summed E-state index contributed by atoms with van der Waals surface area (Å²) in [5.41, 5.74) is 0. The molecule has 0 heterocycles. The van der Waals surface area contributed by atoms with Crippen LogP contribution in [0.3, 0.4) is 0 Å². The predicted molar refractivity (Wildman–Crippen MR) is 48.1 cm³/mol. The van der Waals surface area contributed by atoms with Crippen molar-refractivity contribution >= 4 is 22.1 Å². The lowest BCUT2D eigenvalue weighted by molar-refractivity contribution is -0.145. The fraction of sp³-hybridized carbons (Fsp3) is 0.667. The van der Waals surface area contributed by atoms with Gasteiger partial charge in [0.1, 0.15) is 6.04 Å². The Morgan fingerprint density at radius 1 is 1.27 bits per heavy atom. The molecule has 0 aromatic rings. The fourth-order valence-electron chi connectivity index (χ4n) is 0.784. The minimum Gasteiger partial charge on any atom is -0.481 e. The van der Waals surface area contributed by atoms with Crippen LogP contribution in [0.2, 0.25) is 0 Å². The van der Waals surface area contributed by atoms with E-state index in [9.17, 15) is 18.0 Å². The van der Waals surface area contributed by atoms with Crippen molar-refractivity contribution in [3.05, 3.63) is 0 Å². The van der Waals surface area contributed by atoms with Gasteiger partial charge in [0.15, 0.2) is 0 Å². The molecular formula is C6H11NO7S. The van der Waals surface area contributed by atoms with Crippen LogP contribution < -0.4 is 5.32 Å². The van der Waals surface area contributed by atoms with Gasteiger partial charge in [-0.2, -0.15) is 8.42 Å². The topological polar surface area (TPSA) is 141 Å². The lowest BCUT2D eigenvalue weighted by Crippen LogP contribution is -2.40. The van der Waals surface area contributed by atoms with E-state index in [4.69, 9.17) is 14.8 Å². The van der Waals surface area contributed by atoms with E-state index in [1.54, 1.807) is 0 Å². The predicted octanol–water partition coefficient (Wildman–Crippen LogP) is -1.61. The summed E-state index contributed by atoms with van der Waals surface area (Å²) in [7, 11) is -4.18. The van der Waals surface area contributed by atoms with E-state index in [0.717, 1.165) is 0 Å². The quantitative estimate of drug-likeness (QED) is 0.390. The molecule has 0 aromatic carbocycles. The summed E-state index contributed by atoms with van der Waals surface area (Å²) < 4.78 is 28.8. The molecule has 0 aliphatic carbocycles. The van der Waals surface area contributed by atoms with Crippen LogP contribution in [0.5, 0.6) is 0 Å². The van der Waals surface area contributed by atoms with Gasteiger partial charge < -0.3 is 15.5 Å². The Bertz CT molecular complexity index is 335. The van der Waals surface area contributed by atoms with Crippen molar-refractivity contribution in [1.82, 2.24) is 5.32 Å². The molecule has 8 nitrogen and oxygen atoms in total. The number of carboxylic acid groups (broad SMARTS) is 2. The second-order valence-electron chi connectivity index (χ2n) is 2.73. The van der Waals surface area contributed by atoms with Gasteiger partial charge in [-0.3, -0.25) is 14.1 Å². The standard InChI is InChI=1S/C6H11NO7S/c8-5(9)3-4(6(10)11)7-1-2-15(12,13)14/h4,7H,1-3H2,(H,8,9)(H,10,11)(H,12,13,14). The molecule has 1 atom stereocenters. The molecule has 0 aliphatic heterocycles. The average molecular weight is 241 g/mol. The molecule has 0 amide bonds. The van der Waals surface area contributed by atoms with Gasteiger partial charge in [0.05, 0.1) is 12.2 Å². The molecule has 0 fully saturated rings. The molecular weight excluding hydrogens is 230 g/mol. The van der Waals surface area contributed by atoms with Crippen molar-refractivity contribution in [2.24, 2.45) is 0 Å². The van der Waals surface area contributed by atoms with E-state index in [1.807, 2.05) is 0 Å². The molecule has 1 unspecified atom stereocenters. The highest BCUT2D eigenvalue weighted by Gasteiger charge is 2.20. The van der Waals surface area contributed by atoms with E-state index < -0.39 is 40.3 Å². The van der Waals surface area contributed by atoms with E-state index >= 15 is 0 Å². The first kappa shape index (κ1) is 13.8. The number of aliphatic carboxylic acids is 2. The number of carboxylic acids is 2. The van der Waals surface area contributed by atoms with Gasteiger partial charge in [-0.25, -0.2) is 0 Å². The van der Waals surface area contributed by atoms with Gasteiger partial charge in [0, 0.05) is 6.54 Å². The first-order valence-electron chi connectivity index (χ1n) is 3.85. The summed E-state index contributed by atoms with van der Waals surface area (Å²) in [5, 5.41) is 19.0. The molecule has 0 aliphatic rings. The smallest absolute Gasteiger partial charge is 0.321 e. The molecule has 9 heteroatoms. The molecule has 0 spiro atoms. The van der Waals surface area contributed by atoms with E-state index in [-0.39, 0.29) is 6.54 Å². The third kappa shape index (κ3) is 7.85. The monoisotopic (exact) mass is 241 g/mol. The zero-order chi connectivity index (χ0) is 12.1. The molecule has 0 aromatic heterocycles. The van der Waals surface area contributed by atoms with Gasteiger partial charge >= 0.3 is 11.9 Å². The van der Waals surface area contributed by atoms with Crippen LogP contribution in [0, 0.1) is 0 Å². The minimum absolute atomic E-state index is 0.330. The van der Waals surface area contributed by atoms with Crippen molar-refractivity contribution in [1.29, 1.82) is 0 Å². The summed E-state index contributed by atoms with van der Waals surface area (Å²) in [5.74, 6) is -3.38. The lowest BCUT2D eigenvalue weighted by Gasteiger charge is -2.10. The van der Waals surface area contributed by atoms with Crippen molar-refractivity contribution in [3.63, 3.8) is 0 Å². The summed E-state index contributed by atoms with van der Waals surface area (Å²) in [6.07, 6.45) is -0.666. The van der Waals surface area contributed by atoms with Gasteiger partial charge in [0.25, 0.3) is 10.1 Å². The summed E-state index contributed by atoms with van der Waals surface area (Å²) in [4.78, 5) is 20.7. The number of nitrogens with one attached hydrogen (secondary N) is 1. The maximum absolute atomic E-state index is 10.5. The van der Waals surface area contributed by atoms with Gasteiger partial charge in [-0.05, 0) is 0 Å². The van der Waals surface area contributed by atoms with Gasteiger partial charge in [-0.15, -0.1) is 0 Å². The number of carbonyl (C=O) groups is 2.